The fourth-order valence-electron chi connectivity index (χ4n) is 2.30. The molecule has 0 aliphatic carbocycles. The van der Waals surface area contributed by atoms with Crippen molar-refractivity contribution < 1.29 is 4.74 Å². The monoisotopic (exact) mass is 300 g/mol. The summed E-state index contributed by atoms with van der Waals surface area (Å²) < 4.78 is 6.07. The molecule has 2 aromatic carbocycles. The first kappa shape index (κ1) is 15.4. The average Bonchev–Trinajstić information content (AvgIpc) is 2.46. The molecule has 0 aliphatic rings. The lowest BCUT2D eigenvalue weighted by Gasteiger charge is -2.21. The number of nitrogens with zero attached hydrogens (tertiary/aromatic N) is 1. The average molecular weight is 301 g/mol. The molecule has 0 radical (unpaired) electrons. The van der Waals surface area contributed by atoms with Crippen LogP contribution in [-0.2, 0) is 0 Å². The lowest BCUT2D eigenvalue weighted by Crippen LogP contribution is -2.19. The molecule has 4 heteroatoms. The number of halogens is 1. The second kappa shape index (κ2) is 6.62. The van der Waals surface area contributed by atoms with Crippen LogP contribution in [0.1, 0.15) is 28.4 Å². The van der Waals surface area contributed by atoms with Crippen LogP contribution in [0.2, 0.25) is 5.02 Å². The number of rotatable bonds is 4. The molecule has 2 aromatic rings. The first-order chi connectivity index (χ1) is 10.0. The summed E-state index contributed by atoms with van der Waals surface area (Å²) in [5, 5.41) is 9.64. The summed E-state index contributed by atoms with van der Waals surface area (Å²) in [7, 11) is 0. The van der Waals surface area contributed by atoms with Crippen LogP contribution in [0.3, 0.4) is 0 Å². The highest BCUT2D eigenvalue weighted by atomic mass is 35.5. The smallest absolute Gasteiger partial charge is 0.136 e. The molecule has 0 aromatic heterocycles. The van der Waals surface area contributed by atoms with Crippen LogP contribution in [0.4, 0.5) is 0 Å². The Hall–Kier alpha value is -2.02. The van der Waals surface area contributed by atoms with E-state index >= 15 is 0 Å². The summed E-state index contributed by atoms with van der Waals surface area (Å²) in [4.78, 5) is 0. The minimum atomic E-state index is -0.269. The van der Waals surface area contributed by atoms with Gasteiger partial charge in [0.15, 0.2) is 0 Å². The van der Waals surface area contributed by atoms with Gasteiger partial charge in [-0.1, -0.05) is 23.7 Å². The highest BCUT2D eigenvalue weighted by Crippen LogP contribution is 2.30. The molecule has 2 rings (SSSR count). The number of hydrogen-bond acceptors (Lipinski definition) is 3. The van der Waals surface area contributed by atoms with Crippen LogP contribution in [-0.4, -0.2) is 6.54 Å². The topological polar surface area (TPSA) is 59.0 Å². The van der Waals surface area contributed by atoms with Gasteiger partial charge < -0.3 is 10.5 Å². The van der Waals surface area contributed by atoms with Crippen LogP contribution < -0.4 is 10.5 Å². The van der Waals surface area contributed by atoms with Crippen molar-refractivity contribution in [3.05, 3.63) is 63.7 Å². The highest BCUT2D eigenvalue weighted by molar-refractivity contribution is 6.30. The first-order valence-electron chi connectivity index (χ1n) is 6.68. The molecular weight excluding hydrogens is 284 g/mol. The number of benzene rings is 2. The molecule has 21 heavy (non-hydrogen) atoms. The molecule has 0 saturated heterocycles. The van der Waals surface area contributed by atoms with Gasteiger partial charge in [0.05, 0.1) is 11.6 Å². The molecule has 1 atom stereocenters. The summed E-state index contributed by atoms with van der Waals surface area (Å²) in [5.41, 5.74) is 9.25. The van der Waals surface area contributed by atoms with Gasteiger partial charge >= 0.3 is 0 Å². The van der Waals surface area contributed by atoms with Crippen molar-refractivity contribution in [2.45, 2.75) is 20.0 Å². The SMILES string of the molecule is Cc1cc(C#N)cc(C)c1OC(CN)c1cccc(Cl)c1. The molecule has 0 heterocycles. The molecule has 108 valence electrons. The van der Waals surface area contributed by atoms with Gasteiger partial charge in [-0.3, -0.25) is 0 Å². The lowest BCUT2D eigenvalue weighted by molar-refractivity contribution is 0.211. The quantitative estimate of drug-likeness (QED) is 0.931. The summed E-state index contributed by atoms with van der Waals surface area (Å²) in [6, 6.07) is 13.3. The third kappa shape index (κ3) is 3.55. The largest absolute Gasteiger partial charge is 0.484 e. The van der Waals surface area contributed by atoms with E-state index in [1.165, 1.54) is 0 Å². The second-order valence-corrected chi connectivity index (χ2v) is 5.38. The predicted molar refractivity (Wildman–Crippen MR) is 84.5 cm³/mol. The molecule has 0 saturated carbocycles. The van der Waals surface area contributed by atoms with E-state index in [2.05, 4.69) is 6.07 Å². The van der Waals surface area contributed by atoms with Crippen molar-refractivity contribution in [3.8, 4) is 11.8 Å². The number of ether oxygens (including phenoxy) is 1. The molecule has 0 amide bonds. The molecule has 0 aliphatic heterocycles. The number of hydrogen-bond donors (Lipinski definition) is 1. The molecule has 0 bridgehead atoms. The van der Waals surface area contributed by atoms with Crippen LogP contribution in [0.15, 0.2) is 36.4 Å². The summed E-state index contributed by atoms with van der Waals surface area (Å²) in [6.45, 7) is 4.20. The molecular formula is C17H17ClN2O. The summed E-state index contributed by atoms with van der Waals surface area (Å²) in [5.74, 6) is 0.768. The summed E-state index contributed by atoms with van der Waals surface area (Å²) in [6.07, 6.45) is -0.269. The molecule has 1 unspecified atom stereocenters. The molecule has 2 N–H and O–H groups in total. The van der Waals surface area contributed by atoms with Gasteiger partial charge in [0, 0.05) is 11.6 Å². The van der Waals surface area contributed by atoms with Crippen molar-refractivity contribution in [2.75, 3.05) is 6.54 Å². The Bertz CT molecular complexity index is 668. The van der Waals surface area contributed by atoms with Crippen molar-refractivity contribution in [1.29, 1.82) is 5.26 Å². The predicted octanol–water partition coefficient (Wildman–Crippen LogP) is 3.91. The Balaban J connectivity index is 2.34. The Kier molecular flexibility index (Phi) is 4.85. The zero-order valence-electron chi connectivity index (χ0n) is 12.1. The Labute approximate surface area is 129 Å². The molecule has 3 nitrogen and oxygen atoms in total. The zero-order valence-corrected chi connectivity index (χ0v) is 12.8. The minimum Gasteiger partial charge on any atom is -0.484 e. The standard InChI is InChI=1S/C17H17ClN2O/c1-11-6-13(9-19)7-12(2)17(11)21-16(10-20)14-4-3-5-15(18)8-14/h3-8,16H,10,20H2,1-2H3. The van der Waals surface area contributed by atoms with E-state index in [1.807, 2.05) is 50.2 Å². The first-order valence-corrected chi connectivity index (χ1v) is 7.06. The van der Waals surface area contributed by atoms with E-state index in [0.717, 1.165) is 22.4 Å². The van der Waals surface area contributed by atoms with Gasteiger partial charge in [0.1, 0.15) is 11.9 Å². The van der Waals surface area contributed by atoms with Crippen LogP contribution in [0.25, 0.3) is 0 Å². The van der Waals surface area contributed by atoms with Crippen LogP contribution in [0, 0.1) is 25.2 Å². The number of nitrogens with two attached hydrogens (primary N) is 1. The van der Waals surface area contributed by atoms with E-state index in [4.69, 9.17) is 27.3 Å². The van der Waals surface area contributed by atoms with Gasteiger partial charge in [-0.25, -0.2) is 0 Å². The fourth-order valence-corrected chi connectivity index (χ4v) is 2.50. The van der Waals surface area contributed by atoms with Crippen molar-refractivity contribution in [1.82, 2.24) is 0 Å². The maximum atomic E-state index is 8.99. The van der Waals surface area contributed by atoms with Crippen molar-refractivity contribution >= 4 is 11.6 Å². The maximum absolute atomic E-state index is 8.99. The maximum Gasteiger partial charge on any atom is 0.136 e. The van der Waals surface area contributed by atoms with Crippen molar-refractivity contribution in [2.24, 2.45) is 5.73 Å². The van der Waals surface area contributed by atoms with Gasteiger partial charge in [-0.2, -0.15) is 5.26 Å². The molecule has 0 fully saturated rings. The Morgan fingerprint density at radius 2 is 1.90 bits per heavy atom. The van der Waals surface area contributed by atoms with Crippen LogP contribution >= 0.6 is 11.6 Å². The van der Waals surface area contributed by atoms with Crippen molar-refractivity contribution in [3.63, 3.8) is 0 Å². The van der Waals surface area contributed by atoms with Gasteiger partial charge in [-0.05, 0) is 54.8 Å². The van der Waals surface area contributed by atoms with Crippen LogP contribution in [0.5, 0.6) is 5.75 Å². The van der Waals surface area contributed by atoms with Gasteiger partial charge in [0.25, 0.3) is 0 Å². The third-order valence-electron chi connectivity index (χ3n) is 3.28. The zero-order chi connectivity index (χ0) is 15.4. The van der Waals surface area contributed by atoms with E-state index in [1.54, 1.807) is 0 Å². The fraction of sp³-hybridized carbons (Fsp3) is 0.235. The second-order valence-electron chi connectivity index (χ2n) is 4.95. The Morgan fingerprint density at radius 1 is 1.24 bits per heavy atom. The van der Waals surface area contributed by atoms with E-state index in [9.17, 15) is 0 Å². The Morgan fingerprint density at radius 3 is 2.43 bits per heavy atom. The normalized spacial score (nSPS) is 11.8. The molecule has 0 spiro atoms. The highest BCUT2D eigenvalue weighted by Gasteiger charge is 2.15. The van der Waals surface area contributed by atoms with E-state index in [0.29, 0.717) is 17.1 Å². The van der Waals surface area contributed by atoms with Gasteiger partial charge in [-0.15, -0.1) is 0 Å². The summed E-state index contributed by atoms with van der Waals surface area (Å²) >= 11 is 6.02. The van der Waals surface area contributed by atoms with Gasteiger partial charge in [0.2, 0.25) is 0 Å². The van der Waals surface area contributed by atoms with E-state index in [-0.39, 0.29) is 6.10 Å². The number of nitriles is 1. The van der Waals surface area contributed by atoms with E-state index < -0.39 is 0 Å². The number of aryl methyl sites for hydroxylation is 2. The third-order valence-corrected chi connectivity index (χ3v) is 3.52. The minimum absolute atomic E-state index is 0.269. The lowest BCUT2D eigenvalue weighted by atomic mass is 10.1.